The number of methoxy groups -OCH3 is 1. The summed E-state index contributed by atoms with van der Waals surface area (Å²) in [6.45, 7) is 5.56. The van der Waals surface area contributed by atoms with Crippen molar-refractivity contribution < 1.29 is 14.2 Å². The van der Waals surface area contributed by atoms with Crippen LogP contribution in [0.15, 0.2) is 45.9 Å². The third-order valence-corrected chi connectivity index (χ3v) is 4.97. The molecule has 0 spiro atoms. The van der Waals surface area contributed by atoms with Crippen LogP contribution in [0.2, 0.25) is 0 Å². The van der Waals surface area contributed by atoms with Gasteiger partial charge in [-0.3, -0.25) is 0 Å². The molecule has 0 fully saturated rings. The Hall–Kier alpha value is -2.05. The summed E-state index contributed by atoms with van der Waals surface area (Å²) < 4.78 is 17.5. The van der Waals surface area contributed by atoms with Crippen LogP contribution in [0.5, 0.6) is 5.75 Å². The van der Waals surface area contributed by atoms with Crippen LogP contribution in [-0.2, 0) is 21.6 Å². The zero-order valence-electron chi connectivity index (χ0n) is 15.2. The van der Waals surface area contributed by atoms with E-state index in [-0.39, 0.29) is 6.02 Å². The van der Waals surface area contributed by atoms with E-state index >= 15 is 0 Å². The molecule has 1 unspecified atom stereocenters. The molecule has 1 heterocycles. The predicted molar refractivity (Wildman–Crippen MR) is 106 cm³/mol. The number of benzene rings is 2. The van der Waals surface area contributed by atoms with E-state index < -0.39 is 5.54 Å². The molecule has 2 aromatic rings. The van der Waals surface area contributed by atoms with Crippen molar-refractivity contribution in [2.45, 2.75) is 26.0 Å². The van der Waals surface area contributed by atoms with Crippen LogP contribution in [0.1, 0.15) is 29.2 Å². The minimum Gasteiger partial charge on any atom is -0.496 e. The Morgan fingerprint density at radius 3 is 2.65 bits per heavy atom. The molecule has 2 N–H and O–H groups in total. The van der Waals surface area contributed by atoms with Crippen LogP contribution >= 0.6 is 15.9 Å². The minimum absolute atomic E-state index is 0.199. The second kappa shape index (κ2) is 7.68. The summed E-state index contributed by atoms with van der Waals surface area (Å²) >= 11 is 3.61. The van der Waals surface area contributed by atoms with E-state index in [2.05, 4.69) is 45.2 Å². The zero-order chi connectivity index (χ0) is 18.7. The largest absolute Gasteiger partial charge is 0.496 e. The van der Waals surface area contributed by atoms with Gasteiger partial charge >= 0.3 is 0 Å². The van der Waals surface area contributed by atoms with Crippen molar-refractivity contribution in [2.75, 3.05) is 20.3 Å². The van der Waals surface area contributed by atoms with Gasteiger partial charge in [-0.05, 0) is 60.4 Å². The number of rotatable bonds is 6. The summed E-state index contributed by atoms with van der Waals surface area (Å²) in [4.78, 5) is 4.69. The second-order valence-electron chi connectivity index (χ2n) is 6.27. The molecular formula is C20H23BrN2O3. The highest BCUT2D eigenvalue weighted by molar-refractivity contribution is 9.10. The minimum atomic E-state index is -0.689. The average Bonchev–Trinajstić information content (AvgIpc) is 3.02. The van der Waals surface area contributed by atoms with E-state index in [1.807, 2.05) is 26.0 Å². The number of nitrogens with zero attached hydrogens (tertiary/aromatic N) is 1. The molecule has 5 nitrogen and oxygen atoms in total. The van der Waals surface area contributed by atoms with Gasteiger partial charge in [0.25, 0.3) is 6.02 Å². The van der Waals surface area contributed by atoms with Crippen molar-refractivity contribution >= 4 is 22.0 Å². The normalized spacial score (nSPS) is 19.2. The molecule has 26 heavy (non-hydrogen) atoms. The molecule has 138 valence electrons. The van der Waals surface area contributed by atoms with Crippen LogP contribution in [-0.4, -0.2) is 26.3 Å². The number of hydrogen-bond donors (Lipinski definition) is 1. The van der Waals surface area contributed by atoms with E-state index in [1.165, 1.54) is 0 Å². The SMILES string of the molecule is CCOCc1cc(Br)cc(C2(c3ccc(OC)c(C)c3)COC(N)=N2)c1. The molecular weight excluding hydrogens is 396 g/mol. The maximum absolute atomic E-state index is 5.90. The first-order valence-electron chi connectivity index (χ1n) is 8.49. The summed E-state index contributed by atoms with van der Waals surface area (Å²) in [6.07, 6.45) is 0. The number of aryl methyl sites for hydroxylation is 1. The Labute approximate surface area is 162 Å². The van der Waals surface area contributed by atoms with E-state index in [9.17, 15) is 0 Å². The lowest BCUT2D eigenvalue weighted by Crippen LogP contribution is -2.27. The van der Waals surface area contributed by atoms with Crippen LogP contribution in [0, 0.1) is 6.92 Å². The average molecular weight is 419 g/mol. The summed E-state index contributed by atoms with van der Waals surface area (Å²) in [5.74, 6) is 0.839. The van der Waals surface area contributed by atoms with Gasteiger partial charge in [0.1, 0.15) is 12.4 Å². The van der Waals surface area contributed by atoms with Crippen molar-refractivity contribution in [3.8, 4) is 5.75 Å². The van der Waals surface area contributed by atoms with Gasteiger partial charge in [0, 0.05) is 11.1 Å². The van der Waals surface area contributed by atoms with E-state index in [1.54, 1.807) is 7.11 Å². The van der Waals surface area contributed by atoms with Crippen molar-refractivity contribution in [3.63, 3.8) is 0 Å². The predicted octanol–water partition coefficient (Wildman–Crippen LogP) is 3.89. The highest BCUT2D eigenvalue weighted by Crippen LogP contribution is 2.40. The molecule has 1 aliphatic rings. The monoisotopic (exact) mass is 418 g/mol. The highest BCUT2D eigenvalue weighted by atomic mass is 79.9. The Bertz CT molecular complexity index is 838. The van der Waals surface area contributed by atoms with E-state index in [0.29, 0.717) is 19.8 Å². The first-order chi connectivity index (χ1) is 12.5. The summed E-state index contributed by atoms with van der Waals surface area (Å²) in [5.41, 5.74) is 9.34. The number of halogens is 1. The number of hydrogen-bond acceptors (Lipinski definition) is 5. The number of aliphatic imine (C=N–C) groups is 1. The quantitative estimate of drug-likeness (QED) is 0.772. The van der Waals surface area contributed by atoms with Crippen LogP contribution in [0.3, 0.4) is 0 Å². The third-order valence-electron chi connectivity index (χ3n) is 4.51. The summed E-state index contributed by atoms with van der Waals surface area (Å²) in [7, 11) is 1.67. The van der Waals surface area contributed by atoms with Gasteiger partial charge in [0.15, 0.2) is 5.54 Å². The van der Waals surface area contributed by atoms with Gasteiger partial charge < -0.3 is 19.9 Å². The smallest absolute Gasteiger partial charge is 0.283 e. The second-order valence-corrected chi connectivity index (χ2v) is 7.18. The van der Waals surface area contributed by atoms with Crippen molar-refractivity contribution in [2.24, 2.45) is 10.7 Å². The molecule has 0 radical (unpaired) electrons. The lowest BCUT2D eigenvalue weighted by Gasteiger charge is -2.27. The molecule has 0 saturated carbocycles. The maximum Gasteiger partial charge on any atom is 0.283 e. The number of amidine groups is 1. The van der Waals surface area contributed by atoms with Gasteiger partial charge in [-0.1, -0.05) is 28.1 Å². The Balaban J connectivity index is 2.12. The van der Waals surface area contributed by atoms with E-state index in [0.717, 1.165) is 32.5 Å². The van der Waals surface area contributed by atoms with Gasteiger partial charge in [-0.25, -0.2) is 4.99 Å². The topological polar surface area (TPSA) is 66.1 Å². The molecule has 0 amide bonds. The van der Waals surface area contributed by atoms with Gasteiger partial charge in [-0.15, -0.1) is 0 Å². The molecule has 1 aliphatic heterocycles. The van der Waals surface area contributed by atoms with Crippen molar-refractivity contribution in [1.82, 2.24) is 0 Å². The standard InChI is InChI=1S/C20H23BrN2O3/c1-4-25-11-14-8-16(10-17(21)9-14)20(12-26-19(22)23-20)15-5-6-18(24-3)13(2)7-15/h5-10H,4,11-12H2,1-3H3,(H2,22,23). The van der Waals surface area contributed by atoms with Gasteiger partial charge in [0.05, 0.1) is 13.7 Å². The fraction of sp³-hybridized carbons (Fsp3) is 0.350. The number of ether oxygens (including phenoxy) is 3. The van der Waals surface area contributed by atoms with Crippen molar-refractivity contribution in [3.05, 3.63) is 63.1 Å². The fourth-order valence-electron chi connectivity index (χ4n) is 3.22. The molecule has 0 bridgehead atoms. The Morgan fingerprint density at radius 2 is 2.04 bits per heavy atom. The Kier molecular flexibility index (Phi) is 5.53. The van der Waals surface area contributed by atoms with Crippen LogP contribution in [0.25, 0.3) is 0 Å². The van der Waals surface area contributed by atoms with E-state index in [4.69, 9.17) is 19.9 Å². The fourth-order valence-corrected chi connectivity index (χ4v) is 3.76. The van der Waals surface area contributed by atoms with Gasteiger partial charge in [-0.2, -0.15) is 0 Å². The first-order valence-corrected chi connectivity index (χ1v) is 9.28. The van der Waals surface area contributed by atoms with Crippen LogP contribution in [0.4, 0.5) is 0 Å². The van der Waals surface area contributed by atoms with Crippen LogP contribution < -0.4 is 10.5 Å². The first kappa shape index (κ1) is 18.7. The molecule has 1 atom stereocenters. The zero-order valence-corrected chi connectivity index (χ0v) is 16.8. The lowest BCUT2D eigenvalue weighted by atomic mass is 9.83. The number of nitrogens with two attached hydrogens (primary N) is 1. The molecule has 0 aliphatic carbocycles. The highest BCUT2D eigenvalue weighted by Gasteiger charge is 2.40. The maximum atomic E-state index is 5.90. The van der Waals surface area contributed by atoms with Gasteiger partial charge in [0.2, 0.25) is 0 Å². The summed E-state index contributed by atoms with van der Waals surface area (Å²) in [5, 5.41) is 0. The molecule has 3 rings (SSSR count). The van der Waals surface area contributed by atoms with Crippen molar-refractivity contribution in [1.29, 1.82) is 0 Å². The molecule has 0 saturated heterocycles. The summed E-state index contributed by atoms with van der Waals surface area (Å²) in [6, 6.07) is 12.5. The lowest BCUT2D eigenvalue weighted by molar-refractivity contribution is 0.134. The Morgan fingerprint density at radius 1 is 1.23 bits per heavy atom. The molecule has 2 aromatic carbocycles. The molecule has 6 heteroatoms. The third kappa shape index (κ3) is 3.57. The molecule has 0 aromatic heterocycles.